The van der Waals surface area contributed by atoms with Crippen molar-refractivity contribution in [3.8, 4) is 5.75 Å². The van der Waals surface area contributed by atoms with E-state index in [1.807, 2.05) is 21.0 Å². The van der Waals surface area contributed by atoms with Gasteiger partial charge in [0.1, 0.15) is 11.6 Å². The molecule has 1 rings (SSSR count). The molecule has 1 aromatic rings. The summed E-state index contributed by atoms with van der Waals surface area (Å²) in [6.07, 6.45) is 0. The molecule has 0 saturated heterocycles. The van der Waals surface area contributed by atoms with Gasteiger partial charge in [0.05, 0.1) is 18.4 Å². The van der Waals surface area contributed by atoms with E-state index >= 15 is 0 Å². The predicted octanol–water partition coefficient (Wildman–Crippen LogP) is 2.40. The van der Waals surface area contributed by atoms with Crippen molar-refractivity contribution in [3.05, 3.63) is 23.5 Å². The van der Waals surface area contributed by atoms with Crippen LogP contribution in [0.4, 0.5) is 10.1 Å². The Morgan fingerprint density at radius 1 is 1.50 bits per heavy atom. The number of ether oxygens (including phenoxy) is 1. The minimum Gasteiger partial charge on any atom is -0.493 e. The first-order chi connectivity index (χ1) is 6.56. The van der Waals surface area contributed by atoms with E-state index in [-0.39, 0.29) is 5.82 Å². The third kappa shape index (κ3) is 2.16. The van der Waals surface area contributed by atoms with Crippen LogP contribution >= 0.6 is 0 Å². The van der Waals surface area contributed by atoms with Gasteiger partial charge in [-0.3, -0.25) is 0 Å². The van der Waals surface area contributed by atoms with Crippen molar-refractivity contribution in [2.24, 2.45) is 0 Å². The van der Waals surface area contributed by atoms with E-state index in [1.54, 1.807) is 11.8 Å². The lowest BCUT2D eigenvalue weighted by Crippen LogP contribution is -2.10. The Morgan fingerprint density at radius 3 is 2.64 bits per heavy atom. The molecular weight excluding hydrogens is 181 g/mol. The summed E-state index contributed by atoms with van der Waals surface area (Å²) in [7, 11) is 3.69. The van der Waals surface area contributed by atoms with Crippen LogP contribution in [-0.2, 0) is 0 Å². The Hall–Kier alpha value is -1.25. The molecule has 0 aromatic heterocycles. The fourth-order valence-electron chi connectivity index (χ4n) is 1.11. The van der Waals surface area contributed by atoms with E-state index in [1.165, 1.54) is 6.07 Å². The van der Waals surface area contributed by atoms with Crippen molar-refractivity contribution in [2.75, 3.05) is 25.6 Å². The molecule has 0 saturated carbocycles. The van der Waals surface area contributed by atoms with E-state index in [4.69, 9.17) is 4.74 Å². The molecule has 0 aliphatic heterocycles. The van der Waals surface area contributed by atoms with E-state index in [0.29, 0.717) is 23.6 Å². The van der Waals surface area contributed by atoms with Crippen molar-refractivity contribution in [1.82, 2.24) is 0 Å². The maximum absolute atomic E-state index is 13.4. The van der Waals surface area contributed by atoms with Crippen LogP contribution in [0.2, 0.25) is 0 Å². The average Bonchev–Trinajstić information content (AvgIpc) is 2.12. The van der Waals surface area contributed by atoms with Crippen LogP contribution in [0.15, 0.2) is 6.07 Å². The Morgan fingerprint density at radius 2 is 2.14 bits per heavy atom. The quantitative estimate of drug-likeness (QED) is 0.736. The van der Waals surface area contributed by atoms with E-state index in [9.17, 15) is 4.39 Å². The second kappa shape index (κ2) is 4.31. The first-order valence-corrected chi connectivity index (χ1v) is 4.58. The highest BCUT2D eigenvalue weighted by Crippen LogP contribution is 2.26. The molecule has 0 fully saturated rings. The Labute approximate surface area is 84.3 Å². The highest BCUT2D eigenvalue weighted by atomic mass is 19.1. The van der Waals surface area contributed by atoms with E-state index in [2.05, 4.69) is 6.07 Å². The molecule has 1 aromatic carbocycles. The largest absolute Gasteiger partial charge is 0.493 e. The minimum absolute atomic E-state index is 0.254. The van der Waals surface area contributed by atoms with Gasteiger partial charge in [-0.25, -0.2) is 4.39 Å². The van der Waals surface area contributed by atoms with Gasteiger partial charge in [0.2, 0.25) is 0 Å². The van der Waals surface area contributed by atoms with Gasteiger partial charge in [-0.15, -0.1) is 0 Å². The third-order valence-corrected chi connectivity index (χ3v) is 1.97. The molecule has 0 unspecified atom stereocenters. The molecule has 3 heteroatoms. The van der Waals surface area contributed by atoms with Gasteiger partial charge in [-0.05, 0) is 19.9 Å². The van der Waals surface area contributed by atoms with Crippen molar-refractivity contribution in [1.29, 1.82) is 0 Å². The molecule has 14 heavy (non-hydrogen) atoms. The molecule has 0 heterocycles. The Balaban J connectivity index is 3.14. The van der Waals surface area contributed by atoms with Crippen LogP contribution in [0, 0.1) is 18.8 Å². The van der Waals surface area contributed by atoms with Crippen molar-refractivity contribution < 1.29 is 9.13 Å². The zero-order valence-corrected chi connectivity index (χ0v) is 9.02. The summed E-state index contributed by atoms with van der Waals surface area (Å²) in [6.45, 7) is 4.08. The third-order valence-electron chi connectivity index (χ3n) is 1.97. The lowest BCUT2D eigenvalue weighted by atomic mass is 10.2. The minimum atomic E-state index is -0.254. The van der Waals surface area contributed by atoms with E-state index in [0.717, 1.165) is 0 Å². The standard InChI is InChI=1S/C11H15FNO/c1-5-14-11-7-9(13(3)4)6-10(12)8(11)2/h6H,5H2,1-4H3. The van der Waals surface area contributed by atoms with Gasteiger partial charge in [-0.1, -0.05) is 0 Å². The normalized spacial score (nSPS) is 10.1. The van der Waals surface area contributed by atoms with E-state index < -0.39 is 0 Å². The molecule has 0 N–H and O–H groups in total. The zero-order valence-electron chi connectivity index (χ0n) is 9.02. The average molecular weight is 196 g/mol. The predicted molar refractivity (Wildman–Crippen MR) is 55.5 cm³/mol. The molecule has 0 aliphatic carbocycles. The zero-order chi connectivity index (χ0) is 10.7. The number of nitrogens with zero attached hydrogens (tertiary/aromatic N) is 1. The second-order valence-electron chi connectivity index (χ2n) is 3.28. The maximum Gasteiger partial charge on any atom is 0.135 e. The number of rotatable bonds is 3. The van der Waals surface area contributed by atoms with Crippen LogP contribution in [0.5, 0.6) is 5.75 Å². The summed E-state index contributed by atoms with van der Waals surface area (Å²) in [5.41, 5.74) is 1.20. The highest BCUT2D eigenvalue weighted by Gasteiger charge is 2.09. The van der Waals surface area contributed by atoms with Crippen molar-refractivity contribution >= 4 is 5.69 Å². The SMILES string of the molecule is CCOc1[c]c(N(C)C)cc(F)c1C. The second-order valence-corrected chi connectivity index (χ2v) is 3.28. The monoisotopic (exact) mass is 196 g/mol. The Bertz CT molecular complexity index is 323. The first-order valence-electron chi connectivity index (χ1n) is 4.58. The van der Waals surface area contributed by atoms with Gasteiger partial charge in [0.25, 0.3) is 0 Å². The van der Waals surface area contributed by atoms with Gasteiger partial charge in [0, 0.05) is 19.7 Å². The summed E-state index contributed by atoms with van der Waals surface area (Å²) in [5, 5.41) is 0. The fraction of sp³-hybridized carbons (Fsp3) is 0.455. The summed E-state index contributed by atoms with van der Waals surface area (Å²) in [5.74, 6) is 0.243. The van der Waals surface area contributed by atoms with Gasteiger partial charge < -0.3 is 9.64 Å². The maximum atomic E-state index is 13.4. The summed E-state index contributed by atoms with van der Waals surface area (Å²) in [6, 6.07) is 4.47. The molecule has 0 atom stereocenters. The van der Waals surface area contributed by atoms with Crippen LogP contribution in [0.25, 0.3) is 0 Å². The number of benzene rings is 1. The van der Waals surface area contributed by atoms with Gasteiger partial charge in [0.15, 0.2) is 0 Å². The number of anilines is 1. The van der Waals surface area contributed by atoms with Crippen LogP contribution < -0.4 is 9.64 Å². The number of hydrogen-bond donors (Lipinski definition) is 0. The summed E-state index contributed by atoms with van der Waals surface area (Å²) >= 11 is 0. The summed E-state index contributed by atoms with van der Waals surface area (Å²) < 4.78 is 18.7. The molecule has 1 radical (unpaired) electrons. The number of halogens is 1. The number of hydrogen-bond acceptors (Lipinski definition) is 2. The topological polar surface area (TPSA) is 12.5 Å². The van der Waals surface area contributed by atoms with Crippen molar-refractivity contribution in [3.63, 3.8) is 0 Å². The summed E-state index contributed by atoms with van der Waals surface area (Å²) in [4.78, 5) is 1.80. The van der Waals surface area contributed by atoms with Gasteiger partial charge in [-0.2, -0.15) is 0 Å². The van der Waals surface area contributed by atoms with Gasteiger partial charge >= 0.3 is 0 Å². The molecule has 0 amide bonds. The van der Waals surface area contributed by atoms with Crippen molar-refractivity contribution in [2.45, 2.75) is 13.8 Å². The molecular formula is C11H15FNO. The smallest absolute Gasteiger partial charge is 0.135 e. The van der Waals surface area contributed by atoms with Crippen LogP contribution in [-0.4, -0.2) is 20.7 Å². The van der Waals surface area contributed by atoms with Crippen LogP contribution in [0.3, 0.4) is 0 Å². The molecule has 77 valence electrons. The van der Waals surface area contributed by atoms with Crippen LogP contribution in [0.1, 0.15) is 12.5 Å². The first kappa shape index (κ1) is 10.8. The Kier molecular flexibility index (Phi) is 3.33. The molecule has 0 spiro atoms. The molecule has 2 nitrogen and oxygen atoms in total. The molecule has 0 bridgehead atoms. The lowest BCUT2D eigenvalue weighted by molar-refractivity contribution is 0.334. The molecule has 0 aliphatic rings. The highest BCUT2D eigenvalue weighted by molar-refractivity contribution is 5.51. The lowest BCUT2D eigenvalue weighted by Gasteiger charge is -2.15. The fourth-order valence-corrected chi connectivity index (χ4v) is 1.11.